The molecule has 1 aromatic rings. The Morgan fingerprint density at radius 2 is 1.85 bits per heavy atom. The second-order valence-electron chi connectivity index (χ2n) is 4.50. The van der Waals surface area contributed by atoms with E-state index in [0.29, 0.717) is 6.07 Å². The second-order valence-corrected chi connectivity index (χ2v) is 6.04. The van der Waals surface area contributed by atoms with Crippen LogP contribution < -0.4 is 8.92 Å². The maximum atomic E-state index is 12.5. The summed E-state index contributed by atoms with van der Waals surface area (Å²) in [5, 5.41) is 11.2. The molecule has 10 nitrogen and oxygen atoms in total. The summed E-state index contributed by atoms with van der Waals surface area (Å²) >= 11 is 0. The zero-order chi connectivity index (χ0) is 20.3. The molecular formula is C12H12F3NO9S. The van der Waals surface area contributed by atoms with Gasteiger partial charge in [0.15, 0.2) is 6.79 Å². The Hall–Kier alpha value is -2.61. The number of methoxy groups -OCH3 is 2. The van der Waals surface area contributed by atoms with Crippen molar-refractivity contribution in [2.24, 2.45) is 0 Å². The number of nitro benzene ring substituents is 1. The Bertz CT molecular complexity index is 820. The van der Waals surface area contributed by atoms with Gasteiger partial charge in [0.2, 0.25) is 5.75 Å². The maximum absolute atomic E-state index is 12.5. The van der Waals surface area contributed by atoms with E-state index in [1.54, 1.807) is 0 Å². The van der Waals surface area contributed by atoms with Crippen LogP contribution in [0.5, 0.6) is 11.5 Å². The van der Waals surface area contributed by atoms with Crippen LogP contribution in [0.2, 0.25) is 0 Å². The fraction of sp³-hybridized carbons (Fsp3) is 0.417. The molecule has 0 aliphatic heterocycles. The first-order valence-corrected chi connectivity index (χ1v) is 7.81. The molecular weight excluding hydrogens is 391 g/mol. The monoisotopic (exact) mass is 403 g/mol. The molecule has 0 heterocycles. The van der Waals surface area contributed by atoms with Gasteiger partial charge in [-0.3, -0.25) is 10.1 Å². The molecule has 0 atom stereocenters. The quantitative estimate of drug-likeness (QED) is 0.167. The Morgan fingerprint density at radius 1 is 1.27 bits per heavy atom. The summed E-state index contributed by atoms with van der Waals surface area (Å²) in [6.45, 7) is 0.476. The highest BCUT2D eigenvalue weighted by atomic mass is 32.2. The van der Waals surface area contributed by atoms with Crippen LogP contribution >= 0.6 is 0 Å². The highest BCUT2D eigenvalue weighted by molar-refractivity contribution is 7.88. The third kappa shape index (κ3) is 4.32. The van der Waals surface area contributed by atoms with Gasteiger partial charge in [0.05, 0.1) is 12.0 Å². The molecule has 0 unspecified atom stereocenters. The molecule has 0 spiro atoms. The van der Waals surface area contributed by atoms with Gasteiger partial charge < -0.3 is 18.4 Å². The van der Waals surface area contributed by atoms with E-state index >= 15 is 0 Å². The van der Waals surface area contributed by atoms with Crippen molar-refractivity contribution in [3.05, 3.63) is 27.3 Å². The van der Waals surface area contributed by atoms with Crippen molar-refractivity contribution < 1.29 is 49.7 Å². The van der Waals surface area contributed by atoms with Crippen LogP contribution in [-0.2, 0) is 19.6 Å². The van der Waals surface area contributed by atoms with E-state index in [1.807, 2.05) is 0 Å². The first-order chi connectivity index (χ1) is 11.9. The molecule has 0 fully saturated rings. The standard InChI is InChI=1S/C12H12F3NO9S/c1-6-9(11(17)23-3)7(24-5-22-2)4-8(10(6)16(18)19)25-26(20,21)12(13,14)15/h4H,5H2,1-3H3. The summed E-state index contributed by atoms with van der Waals surface area (Å²) in [6.07, 6.45) is 0. The highest BCUT2D eigenvalue weighted by Crippen LogP contribution is 2.41. The SMILES string of the molecule is COCOc1cc(OS(=O)(=O)C(F)(F)F)c([N+](=O)[O-])c(C)c1C(=O)OC. The average molecular weight is 403 g/mol. The minimum Gasteiger partial charge on any atom is -0.466 e. The number of hydrogen-bond acceptors (Lipinski definition) is 9. The van der Waals surface area contributed by atoms with E-state index in [0.717, 1.165) is 14.0 Å². The summed E-state index contributed by atoms with van der Waals surface area (Å²) in [5.74, 6) is -2.93. The fourth-order valence-electron chi connectivity index (χ4n) is 1.80. The van der Waals surface area contributed by atoms with Crippen LogP contribution in [-0.4, -0.2) is 45.8 Å². The van der Waals surface area contributed by atoms with Gasteiger partial charge in [0, 0.05) is 18.7 Å². The van der Waals surface area contributed by atoms with Gasteiger partial charge in [-0.2, -0.15) is 21.6 Å². The van der Waals surface area contributed by atoms with Crippen molar-refractivity contribution in [3.63, 3.8) is 0 Å². The Kier molecular flexibility index (Phi) is 6.38. The van der Waals surface area contributed by atoms with Crippen molar-refractivity contribution in [2.75, 3.05) is 21.0 Å². The van der Waals surface area contributed by atoms with E-state index in [-0.39, 0.29) is 0 Å². The van der Waals surface area contributed by atoms with Gasteiger partial charge in [0.25, 0.3) is 0 Å². The third-order valence-electron chi connectivity index (χ3n) is 2.86. The highest BCUT2D eigenvalue weighted by Gasteiger charge is 2.49. The molecule has 0 aromatic heterocycles. The number of halogens is 3. The lowest BCUT2D eigenvalue weighted by Gasteiger charge is -2.15. The summed E-state index contributed by atoms with van der Waals surface area (Å²) in [5.41, 5.74) is -8.04. The van der Waals surface area contributed by atoms with Gasteiger partial charge in [-0.15, -0.1) is 0 Å². The van der Waals surface area contributed by atoms with E-state index < -0.39 is 61.6 Å². The van der Waals surface area contributed by atoms with E-state index in [2.05, 4.69) is 13.7 Å². The molecule has 0 saturated carbocycles. The number of hydrogen-bond donors (Lipinski definition) is 0. The lowest BCUT2D eigenvalue weighted by molar-refractivity contribution is -0.386. The Balaban J connectivity index is 3.72. The molecule has 0 saturated heterocycles. The van der Waals surface area contributed by atoms with Crippen LogP contribution in [0.25, 0.3) is 0 Å². The number of benzene rings is 1. The number of alkyl halides is 3. The second kappa shape index (κ2) is 7.74. The molecule has 0 aliphatic rings. The average Bonchev–Trinajstić information content (AvgIpc) is 2.50. The number of carbonyl (C=O) groups is 1. The number of ether oxygens (including phenoxy) is 3. The zero-order valence-corrected chi connectivity index (χ0v) is 14.3. The van der Waals surface area contributed by atoms with Crippen molar-refractivity contribution in [3.8, 4) is 11.5 Å². The molecule has 26 heavy (non-hydrogen) atoms. The Morgan fingerprint density at radius 3 is 2.27 bits per heavy atom. The molecule has 0 radical (unpaired) electrons. The topological polar surface area (TPSA) is 131 Å². The van der Waals surface area contributed by atoms with E-state index in [1.165, 1.54) is 7.11 Å². The van der Waals surface area contributed by atoms with Crippen LogP contribution in [0.1, 0.15) is 15.9 Å². The van der Waals surface area contributed by atoms with Crippen molar-refractivity contribution in [2.45, 2.75) is 12.4 Å². The van der Waals surface area contributed by atoms with Gasteiger partial charge >= 0.3 is 27.3 Å². The summed E-state index contributed by atoms with van der Waals surface area (Å²) in [6, 6.07) is 0.458. The lowest BCUT2D eigenvalue weighted by Crippen LogP contribution is -2.28. The predicted molar refractivity (Wildman–Crippen MR) is 77.3 cm³/mol. The molecule has 1 rings (SSSR count). The first-order valence-electron chi connectivity index (χ1n) is 6.40. The molecule has 0 bridgehead atoms. The summed E-state index contributed by atoms with van der Waals surface area (Å²) in [7, 11) is -4.07. The molecule has 0 amide bonds. The van der Waals surface area contributed by atoms with Crippen LogP contribution in [0.15, 0.2) is 6.07 Å². The van der Waals surface area contributed by atoms with E-state index in [9.17, 15) is 36.5 Å². The molecule has 146 valence electrons. The van der Waals surface area contributed by atoms with Gasteiger partial charge in [-0.05, 0) is 6.92 Å². The third-order valence-corrected chi connectivity index (χ3v) is 3.83. The smallest absolute Gasteiger partial charge is 0.466 e. The predicted octanol–water partition coefficient (Wildman–Crippen LogP) is 1.90. The van der Waals surface area contributed by atoms with Crippen LogP contribution in [0.3, 0.4) is 0 Å². The number of carbonyl (C=O) groups excluding carboxylic acids is 1. The van der Waals surface area contributed by atoms with Crippen molar-refractivity contribution in [1.29, 1.82) is 0 Å². The van der Waals surface area contributed by atoms with Crippen molar-refractivity contribution >= 4 is 21.8 Å². The van der Waals surface area contributed by atoms with Gasteiger partial charge in [-0.1, -0.05) is 0 Å². The summed E-state index contributed by atoms with van der Waals surface area (Å²) < 4.78 is 77.7. The summed E-state index contributed by atoms with van der Waals surface area (Å²) in [4.78, 5) is 21.8. The van der Waals surface area contributed by atoms with Gasteiger partial charge in [-0.25, -0.2) is 4.79 Å². The zero-order valence-electron chi connectivity index (χ0n) is 13.4. The minimum atomic E-state index is -6.21. The normalized spacial score (nSPS) is 11.8. The van der Waals surface area contributed by atoms with Crippen LogP contribution in [0, 0.1) is 17.0 Å². The number of esters is 1. The van der Waals surface area contributed by atoms with Crippen LogP contribution in [0.4, 0.5) is 18.9 Å². The van der Waals surface area contributed by atoms with Crippen molar-refractivity contribution in [1.82, 2.24) is 0 Å². The minimum absolute atomic E-state index is 0.458. The molecule has 0 aliphatic carbocycles. The largest absolute Gasteiger partial charge is 0.534 e. The molecule has 0 N–H and O–H groups in total. The molecule has 1 aromatic carbocycles. The Labute approximate surface area is 144 Å². The number of nitrogens with zero attached hydrogens (tertiary/aromatic N) is 1. The number of rotatable bonds is 7. The number of nitro groups is 1. The fourth-order valence-corrected chi connectivity index (χ4v) is 2.25. The lowest BCUT2D eigenvalue weighted by atomic mass is 10.0. The van der Waals surface area contributed by atoms with Gasteiger partial charge in [0.1, 0.15) is 11.3 Å². The van der Waals surface area contributed by atoms with E-state index in [4.69, 9.17) is 4.74 Å². The molecule has 14 heteroatoms. The first kappa shape index (κ1) is 21.4. The maximum Gasteiger partial charge on any atom is 0.534 e.